The maximum absolute atomic E-state index is 13.2. The fourth-order valence-electron chi connectivity index (χ4n) is 4.91. The van der Waals surface area contributed by atoms with Crippen LogP contribution in [-0.4, -0.2) is 64.9 Å². The monoisotopic (exact) mass is 435 g/mol. The predicted octanol–water partition coefficient (Wildman–Crippen LogP) is 3.39. The van der Waals surface area contributed by atoms with Crippen LogP contribution in [0.4, 0.5) is 5.95 Å². The first-order valence-corrected chi connectivity index (χ1v) is 12.2. The lowest BCUT2D eigenvalue weighted by Crippen LogP contribution is -2.50. The standard InChI is InChI=1S/C26H37N5O/c1-5-30(6-2)26-27-17-23-16-22(9-10-24(23)28-26)25(32)31-13-11-29(12-14-31)18-21-8-7-19(3)20(4)15-21/h7-8,15,17,22H,5-6,9-14,16,18H2,1-4H3/t22-/m1/s1. The van der Waals surface area contributed by atoms with Gasteiger partial charge in [-0.1, -0.05) is 18.2 Å². The van der Waals surface area contributed by atoms with Crippen molar-refractivity contribution >= 4 is 11.9 Å². The van der Waals surface area contributed by atoms with Crippen LogP contribution in [0.2, 0.25) is 0 Å². The highest BCUT2D eigenvalue weighted by atomic mass is 16.2. The van der Waals surface area contributed by atoms with Crippen molar-refractivity contribution in [2.45, 2.75) is 53.5 Å². The van der Waals surface area contributed by atoms with Gasteiger partial charge in [0.05, 0.1) is 0 Å². The number of benzene rings is 1. The molecule has 1 aromatic heterocycles. The average Bonchev–Trinajstić information content (AvgIpc) is 2.82. The summed E-state index contributed by atoms with van der Waals surface area (Å²) in [6.45, 7) is 14.9. The predicted molar refractivity (Wildman–Crippen MR) is 129 cm³/mol. The summed E-state index contributed by atoms with van der Waals surface area (Å²) in [5.74, 6) is 1.20. The molecule has 6 heteroatoms. The Morgan fingerprint density at radius 1 is 1.09 bits per heavy atom. The number of carbonyl (C=O) groups excluding carboxylic acids is 1. The van der Waals surface area contributed by atoms with E-state index in [2.05, 4.69) is 65.6 Å². The molecule has 0 bridgehead atoms. The van der Waals surface area contributed by atoms with E-state index in [4.69, 9.17) is 4.98 Å². The molecule has 2 aliphatic rings. The Bertz CT molecular complexity index is 947. The summed E-state index contributed by atoms with van der Waals surface area (Å²) in [4.78, 5) is 29.3. The van der Waals surface area contributed by atoms with Crippen LogP contribution >= 0.6 is 0 Å². The second-order valence-electron chi connectivity index (χ2n) is 9.27. The quantitative estimate of drug-likeness (QED) is 0.696. The van der Waals surface area contributed by atoms with Crippen LogP contribution in [0, 0.1) is 19.8 Å². The molecular formula is C26H37N5O. The summed E-state index contributed by atoms with van der Waals surface area (Å²) in [5, 5.41) is 0. The van der Waals surface area contributed by atoms with Crippen LogP contribution in [0.15, 0.2) is 24.4 Å². The van der Waals surface area contributed by atoms with E-state index in [9.17, 15) is 4.79 Å². The van der Waals surface area contributed by atoms with E-state index in [-0.39, 0.29) is 5.92 Å². The maximum atomic E-state index is 13.2. The Balaban J connectivity index is 1.31. The van der Waals surface area contributed by atoms with E-state index in [0.717, 1.165) is 82.3 Å². The van der Waals surface area contributed by atoms with E-state index in [1.165, 1.54) is 16.7 Å². The molecule has 4 rings (SSSR count). The summed E-state index contributed by atoms with van der Waals surface area (Å²) in [6.07, 6.45) is 4.49. The third-order valence-corrected chi connectivity index (χ3v) is 7.19. The molecule has 1 atom stereocenters. The van der Waals surface area contributed by atoms with Gasteiger partial charge in [-0.05, 0) is 69.2 Å². The summed E-state index contributed by atoms with van der Waals surface area (Å²) in [7, 11) is 0. The van der Waals surface area contributed by atoms with Crippen molar-refractivity contribution in [3.8, 4) is 0 Å². The highest BCUT2D eigenvalue weighted by molar-refractivity contribution is 5.79. The molecule has 1 amide bonds. The number of anilines is 1. The number of piperazine rings is 1. The Morgan fingerprint density at radius 3 is 2.53 bits per heavy atom. The molecule has 2 aromatic rings. The first kappa shape index (κ1) is 22.7. The van der Waals surface area contributed by atoms with Crippen molar-refractivity contribution in [2.24, 2.45) is 5.92 Å². The van der Waals surface area contributed by atoms with Gasteiger partial charge in [0, 0.05) is 63.6 Å². The summed E-state index contributed by atoms with van der Waals surface area (Å²) < 4.78 is 0. The number of amides is 1. The number of hydrogen-bond donors (Lipinski definition) is 0. The Hall–Kier alpha value is -2.47. The lowest BCUT2D eigenvalue weighted by Gasteiger charge is -2.37. The minimum Gasteiger partial charge on any atom is -0.341 e. The van der Waals surface area contributed by atoms with Crippen LogP contribution in [0.25, 0.3) is 0 Å². The summed E-state index contributed by atoms with van der Waals surface area (Å²) in [5.41, 5.74) is 6.33. The third kappa shape index (κ3) is 4.96. The van der Waals surface area contributed by atoms with Crippen LogP contribution in [-0.2, 0) is 24.2 Å². The van der Waals surface area contributed by atoms with Gasteiger partial charge in [0.2, 0.25) is 11.9 Å². The van der Waals surface area contributed by atoms with E-state index in [0.29, 0.717) is 5.91 Å². The van der Waals surface area contributed by atoms with E-state index in [1.54, 1.807) is 0 Å². The summed E-state index contributed by atoms with van der Waals surface area (Å²) >= 11 is 0. The fourth-order valence-corrected chi connectivity index (χ4v) is 4.91. The van der Waals surface area contributed by atoms with Crippen molar-refractivity contribution in [3.63, 3.8) is 0 Å². The first-order chi connectivity index (χ1) is 15.5. The zero-order valence-electron chi connectivity index (χ0n) is 20.1. The molecule has 0 saturated carbocycles. The van der Waals surface area contributed by atoms with Gasteiger partial charge in [-0.2, -0.15) is 0 Å². The summed E-state index contributed by atoms with van der Waals surface area (Å²) in [6, 6.07) is 6.73. The number of carbonyl (C=O) groups is 1. The minimum absolute atomic E-state index is 0.0664. The van der Waals surface area contributed by atoms with Gasteiger partial charge in [0.1, 0.15) is 0 Å². The molecule has 6 nitrogen and oxygen atoms in total. The molecular weight excluding hydrogens is 398 g/mol. The van der Waals surface area contributed by atoms with Crippen LogP contribution in [0.1, 0.15) is 48.2 Å². The third-order valence-electron chi connectivity index (χ3n) is 7.19. The molecule has 1 fully saturated rings. The average molecular weight is 436 g/mol. The molecule has 2 heterocycles. The topological polar surface area (TPSA) is 52.6 Å². The molecule has 0 unspecified atom stereocenters. The second-order valence-corrected chi connectivity index (χ2v) is 9.27. The van der Waals surface area contributed by atoms with Crippen molar-refractivity contribution in [1.82, 2.24) is 19.8 Å². The zero-order chi connectivity index (χ0) is 22.7. The zero-order valence-corrected chi connectivity index (χ0v) is 20.1. The van der Waals surface area contributed by atoms with Crippen LogP contribution in [0.5, 0.6) is 0 Å². The van der Waals surface area contributed by atoms with Crippen LogP contribution < -0.4 is 4.90 Å². The Kier molecular flexibility index (Phi) is 7.09. The lowest BCUT2D eigenvalue weighted by molar-refractivity contribution is -0.137. The normalized spacial score (nSPS) is 19.0. The lowest BCUT2D eigenvalue weighted by atomic mass is 9.86. The Morgan fingerprint density at radius 2 is 1.84 bits per heavy atom. The fraction of sp³-hybridized carbons (Fsp3) is 0.577. The molecule has 1 aliphatic carbocycles. The highest BCUT2D eigenvalue weighted by Crippen LogP contribution is 2.27. The number of aromatic nitrogens is 2. The highest BCUT2D eigenvalue weighted by Gasteiger charge is 2.31. The molecule has 0 radical (unpaired) electrons. The maximum Gasteiger partial charge on any atom is 0.226 e. The molecule has 0 spiro atoms. The molecule has 32 heavy (non-hydrogen) atoms. The SMILES string of the molecule is CCN(CC)c1ncc2c(n1)CC[C@@H](C(=O)N1CCN(Cc3ccc(C)c(C)c3)CC1)C2. The van der Waals surface area contributed by atoms with Crippen LogP contribution in [0.3, 0.4) is 0 Å². The molecule has 172 valence electrons. The number of nitrogens with zero attached hydrogens (tertiary/aromatic N) is 5. The smallest absolute Gasteiger partial charge is 0.226 e. The molecule has 1 aliphatic heterocycles. The van der Waals surface area contributed by atoms with Gasteiger partial charge in [0.25, 0.3) is 0 Å². The largest absolute Gasteiger partial charge is 0.341 e. The number of hydrogen-bond acceptors (Lipinski definition) is 5. The van der Waals surface area contributed by atoms with E-state index >= 15 is 0 Å². The van der Waals surface area contributed by atoms with E-state index < -0.39 is 0 Å². The molecule has 0 N–H and O–H groups in total. The second kappa shape index (κ2) is 9.99. The van der Waals surface area contributed by atoms with Gasteiger partial charge in [-0.3, -0.25) is 9.69 Å². The van der Waals surface area contributed by atoms with Crippen molar-refractivity contribution in [2.75, 3.05) is 44.2 Å². The number of rotatable bonds is 6. The Labute approximate surface area is 192 Å². The van der Waals surface area contributed by atoms with E-state index in [1.807, 2.05) is 6.20 Å². The van der Waals surface area contributed by atoms with Gasteiger partial charge >= 0.3 is 0 Å². The number of aryl methyl sites for hydroxylation is 3. The molecule has 1 saturated heterocycles. The van der Waals surface area contributed by atoms with Gasteiger partial charge < -0.3 is 9.80 Å². The number of fused-ring (bicyclic) bond motifs is 1. The minimum atomic E-state index is 0.0664. The van der Waals surface area contributed by atoms with Gasteiger partial charge in [-0.15, -0.1) is 0 Å². The van der Waals surface area contributed by atoms with Crippen molar-refractivity contribution in [1.29, 1.82) is 0 Å². The van der Waals surface area contributed by atoms with Crippen molar-refractivity contribution < 1.29 is 4.79 Å². The van der Waals surface area contributed by atoms with Gasteiger partial charge in [0.15, 0.2) is 0 Å². The van der Waals surface area contributed by atoms with Gasteiger partial charge in [-0.25, -0.2) is 9.97 Å². The van der Waals surface area contributed by atoms with Crippen molar-refractivity contribution in [3.05, 3.63) is 52.3 Å². The first-order valence-electron chi connectivity index (χ1n) is 12.2. The molecule has 1 aromatic carbocycles.